The van der Waals surface area contributed by atoms with Crippen LogP contribution >= 0.6 is 11.3 Å². The van der Waals surface area contributed by atoms with Gasteiger partial charge in [0.2, 0.25) is 11.8 Å². The Kier molecular flexibility index (Phi) is 3.46. The molecule has 0 atom stereocenters. The lowest BCUT2D eigenvalue weighted by Crippen LogP contribution is -2.05. The van der Waals surface area contributed by atoms with Crippen LogP contribution in [-0.2, 0) is 17.6 Å². The van der Waals surface area contributed by atoms with Gasteiger partial charge in [-0.1, -0.05) is 0 Å². The number of aromatic nitrogens is 2. The van der Waals surface area contributed by atoms with Crippen molar-refractivity contribution in [3.05, 3.63) is 41.0 Å². The van der Waals surface area contributed by atoms with E-state index >= 15 is 0 Å². The number of carbonyl (C=O) groups excluding carboxylic acids is 1. The predicted octanol–water partition coefficient (Wildman–Crippen LogP) is 3.93. The SMILES string of the molecule is CC(=O)Nc1ccc(Oc2ncnc3sc4c(c23)CCC4)cc1. The summed E-state index contributed by atoms with van der Waals surface area (Å²) in [6, 6.07) is 7.28. The third-order valence-corrected chi connectivity index (χ3v) is 5.06. The molecule has 0 saturated carbocycles. The fourth-order valence-corrected chi connectivity index (χ4v) is 4.12. The van der Waals surface area contributed by atoms with E-state index in [1.54, 1.807) is 17.7 Å². The molecule has 1 aliphatic rings. The fourth-order valence-electron chi connectivity index (χ4n) is 2.90. The summed E-state index contributed by atoms with van der Waals surface area (Å²) in [6.45, 7) is 1.49. The van der Waals surface area contributed by atoms with Gasteiger partial charge < -0.3 is 10.1 Å². The van der Waals surface area contributed by atoms with Gasteiger partial charge in [0.25, 0.3) is 0 Å². The largest absolute Gasteiger partial charge is 0.438 e. The van der Waals surface area contributed by atoms with Crippen LogP contribution in [0, 0.1) is 0 Å². The van der Waals surface area contributed by atoms with E-state index in [-0.39, 0.29) is 5.91 Å². The van der Waals surface area contributed by atoms with Crippen LogP contribution in [0.4, 0.5) is 5.69 Å². The Morgan fingerprint density at radius 3 is 2.83 bits per heavy atom. The van der Waals surface area contributed by atoms with Crippen molar-refractivity contribution in [3.63, 3.8) is 0 Å². The van der Waals surface area contributed by atoms with E-state index in [0.29, 0.717) is 11.6 Å². The molecule has 0 radical (unpaired) electrons. The number of nitrogens with zero attached hydrogens (tertiary/aromatic N) is 2. The minimum absolute atomic E-state index is 0.0926. The quantitative estimate of drug-likeness (QED) is 0.792. The number of fused-ring (bicyclic) bond motifs is 3. The number of ether oxygens (including phenoxy) is 1. The Hall–Kier alpha value is -2.47. The Morgan fingerprint density at radius 2 is 2.04 bits per heavy atom. The zero-order valence-corrected chi connectivity index (χ0v) is 13.4. The van der Waals surface area contributed by atoms with Crippen LogP contribution in [0.15, 0.2) is 30.6 Å². The first-order valence-electron chi connectivity index (χ1n) is 7.51. The zero-order valence-electron chi connectivity index (χ0n) is 12.6. The molecule has 0 fully saturated rings. The maximum Gasteiger partial charge on any atom is 0.231 e. The number of hydrogen-bond donors (Lipinski definition) is 1. The molecule has 1 aromatic carbocycles. The van der Waals surface area contributed by atoms with Gasteiger partial charge in [-0.05, 0) is 49.1 Å². The molecule has 6 heteroatoms. The number of hydrogen-bond acceptors (Lipinski definition) is 5. The Labute approximate surface area is 137 Å². The second kappa shape index (κ2) is 5.62. The monoisotopic (exact) mass is 325 g/mol. The van der Waals surface area contributed by atoms with Gasteiger partial charge >= 0.3 is 0 Å². The molecule has 3 aromatic rings. The van der Waals surface area contributed by atoms with Crippen molar-refractivity contribution in [3.8, 4) is 11.6 Å². The summed E-state index contributed by atoms with van der Waals surface area (Å²) in [4.78, 5) is 22.2. The van der Waals surface area contributed by atoms with Crippen molar-refractivity contribution in [2.75, 3.05) is 5.32 Å². The number of aryl methyl sites for hydroxylation is 2. The van der Waals surface area contributed by atoms with Crippen molar-refractivity contribution < 1.29 is 9.53 Å². The van der Waals surface area contributed by atoms with Crippen molar-refractivity contribution in [1.82, 2.24) is 9.97 Å². The van der Waals surface area contributed by atoms with Gasteiger partial charge in [0.1, 0.15) is 16.9 Å². The molecular formula is C17H15N3O2S. The van der Waals surface area contributed by atoms with Crippen molar-refractivity contribution in [2.24, 2.45) is 0 Å². The summed E-state index contributed by atoms with van der Waals surface area (Å²) in [5, 5.41) is 3.79. The maximum absolute atomic E-state index is 11.1. The molecule has 1 aliphatic carbocycles. The second-order valence-electron chi connectivity index (χ2n) is 5.52. The number of amides is 1. The molecule has 0 unspecified atom stereocenters. The van der Waals surface area contributed by atoms with Gasteiger partial charge in [-0.15, -0.1) is 11.3 Å². The predicted molar refractivity (Wildman–Crippen MR) is 90.3 cm³/mol. The standard InChI is InChI=1S/C17H15N3O2S/c1-10(21)20-11-5-7-12(8-6-11)22-16-15-13-3-2-4-14(13)23-17(15)19-9-18-16/h5-9H,2-4H2,1H3,(H,20,21). The summed E-state index contributed by atoms with van der Waals surface area (Å²) < 4.78 is 5.98. The summed E-state index contributed by atoms with van der Waals surface area (Å²) in [5.74, 6) is 1.21. The smallest absolute Gasteiger partial charge is 0.231 e. The molecule has 0 saturated heterocycles. The van der Waals surface area contributed by atoms with Crippen LogP contribution in [0.5, 0.6) is 11.6 Å². The molecule has 4 rings (SSSR count). The first kappa shape index (κ1) is 14.1. The van der Waals surface area contributed by atoms with E-state index in [0.717, 1.165) is 28.7 Å². The first-order chi connectivity index (χ1) is 11.2. The highest BCUT2D eigenvalue weighted by molar-refractivity contribution is 7.18. The van der Waals surface area contributed by atoms with E-state index in [2.05, 4.69) is 15.3 Å². The van der Waals surface area contributed by atoms with E-state index < -0.39 is 0 Å². The molecule has 2 heterocycles. The van der Waals surface area contributed by atoms with Crippen LogP contribution in [-0.4, -0.2) is 15.9 Å². The molecule has 23 heavy (non-hydrogen) atoms. The second-order valence-corrected chi connectivity index (χ2v) is 6.61. The number of carbonyl (C=O) groups is 1. The highest BCUT2D eigenvalue weighted by Crippen LogP contribution is 2.40. The molecule has 2 aromatic heterocycles. The van der Waals surface area contributed by atoms with Crippen LogP contribution < -0.4 is 10.1 Å². The minimum atomic E-state index is -0.0926. The van der Waals surface area contributed by atoms with E-state index in [9.17, 15) is 4.79 Å². The lowest BCUT2D eigenvalue weighted by molar-refractivity contribution is -0.114. The molecular weight excluding hydrogens is 310 g/mol. The average Bonchev–Trinajstić information content (AvgIpc) is 3.09. The topological polar surface area (TPSA) is 64.1 Å². The summed E-state index contributed by atoms with van der Waals surface area (Å²) in [5.41, 5.74) is 2.09. The molecule has 0 aliphatic heterocycles. The molecule has 1 N–H and O–H groups in total. The van der Waals surface area contributed by atoms with Crippen LogP contribution in [0.25, 0.3) is 10.2 Å². The van der Waals surface area contributed by atoms with E-state index in [1.807, 2.05) is 24.3 Å². The lowest BCUT2D eigenvalue weighted by Gasteiger charge is -2.08. The minimum Gasteiger partial charge on any atom is -0.438 e. The molecule has 1 amide bonds. The average molecular weight is 325 g/mol. The Morgan fingerprint density at radius 1 is 1.22 bits per heavy atom. The first-order valence-corrected chi connectivity index (χ1v) is 8.33. The van der Waals surface area contributed by atoms with Crippen molar-refractivity contribution in [2.45, 2.75) is 26.2 Å². The third-order valence-electron chi connectivity index (χ3n) is 3.86. The summed E-state index contributed by atoms with van der Waals surface area (Å²) in [7, 11) is 0. The van der Waals surface area contributed by atoms with E-state index in [1.165, 1.54) is 23.8 Å². The molecule has 116 valence electrons. The highest BCUT2D eigenvalue weighted by Gasteiger charge is 2.22. The van der Waals surface area contributed by atoms with Gasteiger partial charge in [-0.25, -0.2) is 9.97 Å². The summed E-state index contributed by atoms with van der Waals surface area (Å²) in [6.07, 6.45) is 4.94. The van der Waals surface area contributed by atoms with Gasteiger partial charge in [0.15, 0.2) is 0 Å². The third kappa shape index (κ3) is 2.66. The van der Waals surface area contributed by atoms with Crippen LogP contribution in [0.2, 0.25) is 0 Å². The van der Waals surface area contributed by atoms with Crippen molar-refractivity contribution >= 4 is 33.1 Å². The summed E-state index contributed by atoms with van der Waals surface area (Å²) >= 11 is 1.74. The highest BCUT2D eigenvalue weighted by atomic mass is 32.1. The van der Waals surface area contributed by atoms with Crippen LogP contribution in [0.3, 0.4) is 0 Å². The molecule has 0 spiro atoms. The number of anilines is 1. The Bertz CT molecular complexity index is 887. The number of benzene rings is 1. The van der Waals surface area contributed by atoms with Gasteiger partial charge in [0.05, 0.1) is 5.39 Å². The molecule has 0 bridgehead atoms. The van der Waals surface area contributed by atoms with Gasteiger partial charge in [-0.2, -0.15) is 0 Å². The number of nitrogens with one attached hydrogen (secondary N) is 1. The lowest BCUT2D eigenvalue weighted by atomic mass is 10.2. The van der Waals surface area contributed by atoms with E-state index in [4.69, 9.17) is 4.74 Å². The number of rotatable bonds is 3. The van der Waals surface area contributed by atoms with Gasteiger partial charge in [0, 0.05) is 17.5 Å². The molecule has 5 nitrogen and oxygen atoms in total. The van der Waals surface area contributed by atoms with Crippen molar-refractivity contribution in [1.29, 1.82) is 0 Å². The Balaban J connectivity index is 1.66. The fraction of sp³-hybridized carbons (Fsp3) is 0.235. The number of thiophene rings is 1. The maximum atomic E-state index is 11.1. The zero-order chi connectivity index (χ0) is 15.8. The van der Waals surface area contributed by atoms with Crippen LogP contribution in [0.1, 0.15) is 23.8 Å². The van der Waals surface area contributed by atoms with Gasteiger partial charge in [-0.3, -0.25) is 4.79 Å². The normalized spacial score (nSPS) is 13.1.